The molecular weight excluding hydrogens is 380 g/mol. The van der Waals surface area contributed by atoms with Crippen molar-refractivity contribution >= 4 is 17.3 Å². The molecule has 1 aromatic carbocycles. The van der Waals surface area contributed by atoms with Gasteiger partial charge in [-0.2, -0.15) is 0 Å². The van der Waals surface area contributed by atoms with Crippen LogP contribution >= 0.6 is 0 Å². The van der Waals surface area contributed by atoms with Gasteiger partial charge in [-0.3, -0.25) is 9.61 Å². The highest BCUT2D eigenvalue weighted by molar-refractivity contribution is 6.03. The van der Waals surface area contributed by atoms with Gasteiger partial charge in [0.15, 0.2) is 11.5 Å². The summed E-state index contributed by atoms with van der Waals surface area (Å²) in [6.07, 6.45) is 3.51. The Labute approximate surface area is 175 Å². The Hall–Kier alpha value is -3.27. The maximum absolute atomic E-state index is 13.1. The largest absolute Gasteiger partial charge is 0.497 e. The average Bonchev–Trinajstić information content (AvgIpc) is 3.28. The third-order valence-corrected chi connectivity index (χ3v) is 6.00. The maximum Gasteiger partial charge on any atom is 0.331 e. The Morgan fingerprint density at radius 1 is 1.20 bits per heavy atom. The Morgan fingerprint density at radius 3 is 2.47 bits per heavy atom. The molecule has 2 atom stereocenters. The summed E-state index contributed by atoms with van der Waals surface area (Å²) < 4.78 is 12.7. The summed E-state index contributed by atoms with van der Waals surface area (Å²) in [5.41, 5.74) is 1.72. The van der Waals surface area contributed by atoms with Crippen LogP contribution in [-0.2, 0) is 4.74 Å². The minimum atomic E-state index is -0.477. The molecule has 0 aliphatic heterocycles. The second-order valence-corrected chi connectivity index (χ2v) is 8.40. The van der Waals surface area contributed by atoms with Crippen LogP contribution in [0.1, 0.15) is 44.0 Å². The number of aromatic nitrogens is 3. The molecule has 1 saturated carbocycles. The number of ether oxygens (including phenoxy) is 2. The second kappa shape index (κ2) is 7.86. The quantitative estimate of drug-likeness (QED) is 0.482. The number of aromatic amines is 1. The van der Waals surface area contributed by atoms with E-state index in [9.17, 15) is 4.79 Å². The Bertz CT molecular complexity index is 1090. The maximum atomic E-state index is 13.1. The molecule has 3 aromatic rings. The Kier molecular flexibility index (Phi) is 5.25. The number of H-pyrrole nitrogens is 1. The van der Waals surface area contributed by atoms with E-state index in [4.69, 9.17) is 16.0 Å². The molecule has 7 heteroatoms. The minimum Gasteiger partial charge on any atom is -0.497 e. The fourth-order valence-corrected chi connectivity index (χ4v) is 4.69. The molecule has 7 nitrogen and oxygen atoms in total. The fourth-order valence-electron chi connectivity index (χ4n) is 4.69. The lowest BCUT2D eigenvalue weighted by Gasteiger charge is -2.37. The molecule has 1 aliphatic rings. The summed E-state index contributed by atoms with van der Waals surface area (Å²) in [6.45, 7) is 14.0. The van der Waals surface area contributed by atoms with Crippen LogP contribution < -0.4 is 4.74 Å². The van der Waals surface area contributed by atoms with Crippen LogP contribution in [0, 0.1) is 24.3 Å². The first kappa shape index (κ1) is 20.0. The van der Waals surface area contributed by atoms with Crippen LogP contribution in [0.2, 0.25) is 0 Å². The van der Waals surface area contributed by atoms with Crippen molar-refractivity contribution in [3.63, 3.8) is 0 Å². The van der Waals surface area contributed by atoms with E-state index in [1.807, 2.05) is 24.3 Å². The van der Waals surface area contributed by atoms with E-state index < -0.39 is 5.97 Å². The lowest BCUT2D eigenvalue weighted by molar-refractivity contribution is -0.0249. The summed E-state index contributed by atoms with van der Waals surface area (Å²) in [5, 5.41) is 3.14. The number of carbonyl (C=O) groups excluding carboxylic acids is 1. The number of methoxy groups -OCH3 is 1. The van der Waals surface area contributed by atoms with Gasteiger partial charge in [0.05, 0.1) is 13.7 Å². The zero-order valence-corrected chi connectivity index (χ0v) is 17.7. The first-order valence-electron chi connectivity index (χ1n) is 10.2. The van der Waals surface area contributed by atoms with Crippen molar-refractivity contribution in [1.82, 2.24) is 14.6 Å². The van der Waals surface area contributed by atoms with Crippen molar-refractivity contribution in [3.05, 3.63) is 47.4 Å². The van der Waals surface area contributed by atoms with Gasteiger partial charge in [-0.1, -0.05) is 20.8 Å². The molecule has 1 N–H and O–H groups in total. The van der Waals surface area contributed by atoms with E-state index in [1.54, 1.807) is 17.8 Å². The number of fused-ring (bicyclic) bond motifs is 1. The van der Waals surface area contributed by atoms with Crippen molar-refractivity contribution < 1.29 is 14.3 Å². The van der Waals surface area contributed by atoms with Gasteiger partial charge in [-0.05, 0) is 54.9 Å². The average molecular weight is 406 g/mol. The molecule has 2 heterocycles. The molecule has 0 spiro atoms. The van der Waals surface area contributed by atoms with Crippen molar-refractivity contribution in [1.29, 1.82) is 0 Å². The van der Waals surface area contributed by atoms with E-state index in [0.717, 1.165) is 24.2 Å². The Morgan fingerprint density at radius 2 is 1.87 bits per heavy atom. The van der Waals surface area contributed by atoms with Crippen molar-refractivity contribution in [2.45, 2.75) is 39.7 Å². The normalized spacial score (nSPS) is 23.8. The lowest BCUT2D eigenvalue weighted by atomic mass is 9.75. The van der Waals surface area contributed by atoms with Crippen LogP contribution in [-0.4, -0.2) is 33.8 Å². The van der Waals surface area contributed by atoms with E-state index >= 15 is 0 Å². The molecule has 30 heavy (non-hydrogen) atoms. The number of nitrogens with zero attached hydrogens (tertiary/aromatic N) is 3. The molecule has 156 valence electrons. The number of benzene rings is 1. The van der Waals surface area contributed by atoms with Gasteiger partial charge in [0.2, 0.25) is 5.69 Å². The monoisotopic (exact) mass is 406 g/mol. The molecule has 2 unspecified atom stereocenters. The number of carbonyl (C=O) groups is 1. The first-order valence-corrected chi connectivity index (χ1v) is 10.2. The topological polar surface area (TPSA) is 73.0 Å². The van der Waals surface area contributed by atoms with Gasteiger partial charge in [-0.25, -0.2) is 14.6 Å². The number of hydrogen-bond donors (Lipinski definition) is 1. The first-order chi connectivity index (χ1) is 14.4. The second-order valence-electron chi connectivity index (χ2n) is 8.40. The van der Waals surface area contributed by atoms with Crippen LogP contribution in [0.15, 0.2) is 30.5 Å². The zero-order valence-electron chi connectivity index (χ0n) is 17.7. The van der Waals surface area contributed by atoms with Gasteiger partial charge in [-0.15, -0.1) is 0 Å². The molecule has 0 radical (unpaired) electrons. The smallest absolute Gasteiger partial charge is 0.331 e. The number of esters is 1. The summed E-state index contributed by atoms with van der Waals surface area (Å²) in [7, 11) is 1.62. The highest BCUT2D eigenvalue weighted by Gasteiger charge is 2.35. The predicted octanol–water partition coefficient (Wildman–Crippen LogP) is 5.12. The van der Waals surface area contributed by atoms with Crippen LogP contribution in [0.5, 0.6) is 5.75 Å². The summed E-state index contributed by atoms with van der Waals surface area (Å²) >= 11 is 0. The molecule has 0 amide bonds. The number of hydrogen-bond acceptors (Lipinski definition) is 4. The molecule has 0 saturated heterocycles. The van der Waals surface area contributed by atoms with E-state index in [1.165, 1.54) is 0 Å². The van der Waals surface area contributed by atoms with Crippen molar-refractivity contribution in [2.75, 3.05) is 7.11 Å². The lowest BCUT2D eigenvalue weighted by Crippen LogP contribution is -2.37. The third kappa shape index (κ3) is 3.54. The molecule has 2 aromatic heterocycles. The highest BCUT2D eigenvalue weighted by atomic mass is 16.5. The number of rotatable bonds is 4. The zero-order chi connectivity index (χ0) is 21.4. The van der Waals surface area contributed by atoms with Gasteiger partial charge >= 0.3 is 5.97 Å². The van der Waals surface area contributed by atoms with Crippen LogP contribution in [0.25, 0.3) is 21.9 Å². The molecule has 1 fully saturated rings. The van der Waals surface area contributed by atoms with Crippen molar-refractivity contribution in [2.24, 2.45) is 17.8 Å². The van der Waals surface area contributed by atoms with E-state index in [-0.39, 0.29) is 29.2 Å². The summed E-state index contributed by atoms with van der Waals surface area (Å²) in [6, 6.07) is 7.47. The van der Waals surface area contributed by atoms with Crippen LogP contribution in [0.4, 0.5) is 5.69 Å². The van der Waals surface area contributed by atoms with E-state index in [2.05, 4.69) is 35.7 Å². The molecule has 4 rings (SSSR count). The van der Waals surface area contributed by atoms with Crippen molar-refractivity contribution in [3.8, 4) is 17.1 Å². The van der Waals surface area contributed by atoms with Gasteiger partial charge in [0, 0.05) is 11.8 Å². The highest BCUT2D eigenvalue weighted by Crippen LogP contribution is 2.36. The summed E-state index contributed by atoms with van der Waals surface area (Å²) in [4.78, 5) is 21.2. The van der Waals surface area contributed by atoms with E-state index in [0.29, 0.717) is 17.4 Å². The van der Waals surface area contributed by atoms with Gasteiger partial charge < -0.3 is 9.47 Å². The Balaban J connectivity index is 1.66. The van der Waals surface area contributed by atoms with Gasteiger partial charge in [0.1, 0.15) is 17.4 Å². The SMILES string of the molecule is [C-]#[N+]c1cn2[nH]c(-c3ccc(OC)cc3)nc2c1C(=O)OC1C(C)CC(C)CC1C. The summed E-state index contributed by atoms with van der Waals surface area (Å²) in [5.74, 6) is 2.08. The fraction of sp³-hybridized carbons (Fsp3) is 0.435. The molecule has 0 bridgehead atoms. The third-order valence-electron chi connectivity index (χ3n) is 6.00. The number of nitrogens with one attached hydrogen (secondary N) is 1. The molecular formula is C23H26N4O3. The van der Waals surface area contributed by atoms with Crippen LogP contribution in [0.3, 0.4) is 0 Å². The van der Waals surface area contributed by atoms with Gasteiger partial charge in [0.25, 0.3) is 0 Å². The predicted molar refractivity (Wildman–Crippen MR) is 114 cm³/mol. The molecule has 1 aliphatic carbocycles. The standard InChI is InChI=1S/C23H26N4O3/c1-13-10-14(2)20(15(3)11-13)30-23(28)19-18(24-4)12-27-22(19)25-21(26-27)16-6-8-17(29-5)9-7-16/h6-9,12-15,20H,10-11H2,1-3,5H3,(H,25,26). The minimum absolute atomic E-state index is 0.151.